The Morgan fingerprint density at radius 3 is 1.88 bits per heavy atom. The molecule has 0 aliphatic rings. The van der Waals surface area contributed by atoms with E-state index < -0.39 is 0 Å². The number of hydrogen-bond donors (Lipinski definition) is 0. The first-order valence-corrected chi connectivity index (χ1v) is 6.81. The van der Waals surface area contributed by atoms with Crippen molar-refractivity contribution in [2.24, 2.45) is 0 Å². The van der Waals surface area contributed by atoms with E-state index in [1.54, 1.807) is 0 Å². The smallest absolute Gasteiger partial charge is 0.305 e. The summed E-state index contributed by atoms with van der Waals surface area (Å²) in [5, 5.41) is 0. The molecule has 0 fully saturated rings. The van der Waals surface area contributed by atoms with Crippen LogP contribution >= 0.6 is 0 Å². The molecule has 0 N–H and O–H groups in total. The van der Waals surface area contributed by atoms with Gasteiger partial charge in [-0.25, -0.2) is 0 Å². The number of carbonyl (C=O) groups excluding carboxylic acids is 1. The van der Waals surface area contributed by atoms with E-state index in [1.165, 1.54) is 52.1 Å². The number of esters is 1. The van der Waals surface area contributed by atoms with Gasteiger partial charge in [-0.2, -0.15) is 0 Å². The van der Waals surface area contributed by atoms with Crippen molar-refractivity contribution >= 4 is 5.97 Å². The predicted octanol–water partition coefficient (Wildman–Crippen LogP) is 4.08. The van der Waals surface area contributed by atoms with Crippen LogP contribution in [-0.2, 0) is 9.53 Å². The quantitative estimate of drug-likeness (QED) is 0.308. The molecule has 98 valence electrons. The van der Waals surface area contributed by atoms with Gasteiger partial charge in [0.05, 0.1) is 7.11 Å². The van der Waals surface area contributed by atoms with E-state index in [2.05, 4.69) is 10.7 Å². The molecular formula is C15H26O2. The Morgan fingerprint density at radius 1 is 0.941 bits per heavy atom. The van der Waals surface area contributed by atoms with Crippen molar-refractivity contribution in [3.05, 3.63) is 0 Å². The second-order valence-electron chi connectivity index (χ2n) is 4.46. The van der Waals surface area contributed by atoms with Gasteiger partial charge in [-0.05, 0) is 12.8 Å². The fourth-order valence-electron chi connectivity index (χ4n) is 1.84. The van der Waals surface area contributed by atoms with E-state index in [0.29, 0.717) is 6.42 Å². The zero-order chi connectivity index (χ0) is 12.8. The maximum absolute atomic E-state index is 10.8. The number of unbranched alkanes of at least 4 members (excludes halogenated alkanes) is 9. The number of hydrogen-bond acceptors (Lipinski definition) is 2. The van der Waals surface area contributed by atoms with Gasteiger partial charge in [-0.1, -0.05) is 44.9 Å². The zero-order valence-electron chi connectivity index (χ0n) is 11.2. The highest BCUT2D eigenvalue weighted by molar-refractivity contribution is 5.68. The molecule has 0 spiro atoms. The van der Waals surface area contributed by atoms with Crippen molar-refractivity contribution in [2.45, 2.75) is 70.6 Å². The summed E-state index contributed by atoms with van der Waals surface area (Å²) in [6, 6.07) is 0. The molecule has 0 aliphatic heterocycles. The topological polar surface area (TPSA) is 26.3 Å². The van der Waals surface area contributed by atoms with Crippen molar-refractivity contribution in [3.8, 4) is 12.3 Å². The maximum Gasteiger partial charge on any atom is 0.305 e. The number of terminal acetylenes is 1. The van der Waals surface area contributed by atoms with E-state index in [1.807, 2.05) is 0 Å². The van der Waals surface area contributed by atoms with Crippen LogP contribution in [0.4, 0.5) is 0 Å². The van der Waals surface area contributed by atoms with Crippen LogP contribution < -0.4 is 0 Å². The zero-order valence-corrected chi connectivity index (χ0v) is 11.2. The largest absolute Gasteiger partial charge is 0.469 e. The SMILES string of the molecule is C#CCCCCCCCCCCCC(=O)OC. The Kier molecular flexibility index (Phi) is 12.3. The standard InChI is InChI=1S/C15H26O2/c1-3-4-5-6-7-8-9-10-11-12-13-14-15(16)17-2/h1H,4-14H2,2H3. The molecule has 17 heavy (non-hydrogen) atoms. The Labute approximate surface area is 106 Å². The first kappa shape index (κ1) is 16.0. The molecule has 0 aliphatic carbocycles. The van der Waals surface area contributed by atoms with Crippen molar-refractivity contribution < 1.29 is 9.53 Å². The van der Waals surface area contributed by atoms with Gasteiger partial charge in [-0.3, -0.25) is 4.79 Å². The molecule has 0 saturated carbocycles. The highest BCUT2D eigenvalue weighted by atomic mass is 16.5. The lowest BCUT2D eigenvalue weighted by Gasteiger charge is -2.01. The van der Waals surface area contributed by atoms with Crippen LogP contribution in [0.5, 0.6) is 0 Å². The second kappa shape index (κ2) is 13.1. The van der Waals surface area contributed by atoms with Crippen LogP contribution in [0.3, 0.4) is 0 Å². The van der Waals surface area contributed by atoms with E-state index in [4.69, 9.17) is 6.42 Å². The average molecular weight is 238 g/mol. The van der Waals surface area contributed by atoms with Gasteiger partial charge in [0, 0.05) is 12.8 Å². The normalized spacial score (nSPS) is 9.88. The fraction of sp³-hybridized carbons (Fsp3) is 0.800. The molecule has 0 saturated heterocycles. The van der Waals surface area contributed by atoms with E-state index in [9.17, 15) is 4.79 Å². The van der Waals surface area contributed by atoms with Gasteiger partial charge in [0.1, 0.15) is 0 Å². The Balaban J connectivity index is 2.99. The number of methoxy groups -OCH3 is 1. The molecule has 0 unspecified atom stereocenters. The molecule has 0 radical (unpaired) electrons. The highest BCUT2D eigenvalue weighted by Crippen LogP contribution is 2.11. The van der Waals surface area contributed by atoms with Crippen molar-refractivity contribution in [2.75, 3.05) is 7.11 Å². The first-order valence-electron chi connectivity index (χ1n) is 6.81. The van der Waals surface area contributed by atoms with Gasteiger partial charge in [0.25, 0.3) is 0 Å². The molecule has 0 amide bonds. The van der Waals surface area contributed by atoms with Crippen LogP contribution in [-0.4, -0.2) is 13.1 Å². The van der Waals surface area contributed by atoms with Gasteiger partial charge in [0.15, 0.2) is 0 Å². The van der Waals surface area contributed by atoms with Gasteiger partial charge in [-0.15, -0.1) is 12.3 Å². The molecule has 0 heterocycles. The lowest BCUT2D eigenvalue weighted by Crippen LogP contribution is -1.99. The summed E-state index contributed by atoms with van der Waals surface area (Å²) in [6.45, 7) is 0. The van der Waals surface area contributed by atoms with Gasteiger partial charge >= 0.3 is 5.97 Å². The third kappa shape index (κ3) is 13.0. The Hall–Kier alpha value is -0.970. The molecule has 2 nitrogen and oxygen atoms in total. The average Bonchev–Trinajstić information content (AvgIpc) is 2.35. The number of ether oxygens (including phenoxy) is 1. The first-order chi connectivity index (χ1) is 8.31. The summed E-state index contributed by atoms with van der Waals surface area (Å²) < 4.78 is 4.59. The highest BCUT2D eigenvalue weighted by Gasteiger charge is 1.98. The summed E-state index contributed by atoms with van der Waals surface area (Å²) in [6.07, 6.45) is 17.7. The summed E-state index contributed by atoms with van der Waals surface area (Å²) >= 11 is 0. The minimum Gasteiger partial charge on any atom is -0.469 e. The van der Waals surface area contributed by atoms with Crippen molar-refractivity contribution in [3.63, 3.8) is 0 Å². The monoisotopic (exact) mass is 238 g/mol. The Bertz CT molecular complexity index is 215. The van der Waals surface area contributed by atoms with Crippen LogP contribution in [0.25, 0.3) is 0 Å². The van der Waals surface area contributed by atoms with E-state index in [-0.39, 0.29) is 5.97 Å². The summed E-state index contributed by atoms with van der Waals surface area (Å²) in [7, 11) is 1.45. The summed E-state index contributed by atoms with van der Waals surface area (Å²) in [5.74, 6) is 2.58. The van der Waals surface area contributed by atoms with Gasteiger partial charge < -0.3 is 4.74 Å². The van der Waals surface area contributed by atoms with E-state index in [0.717, 1.165) is 19.3 Å². The third-order valence-electron chi connectivity index (χ3n) is 2.93. The minimum atomic E-state index is -0.0847. The van der Waals surface area contributed by atoms with Crippen LogP contribution in [0, 0.1) is 12.3 Å². The van der Waals surface area contributed by atoms with Crippen molar-refractivity contribution in [1.82, 2.24) is 0 Å². The van der Waals surface area contributed by atoms with Crippen molar-refractivity contribution in [1.29, 1.82) is 0 Å². The summed E-state index contributed by atoms with van der Waals surface area (Å²) in [5.41, 5.74) is 0. The third-order valence-corrected chi connectivity index (χ3v) is 2.93. The minimum absolute atomic E-state index is 0.0847. The molecule has 0 rings (SSSR count). The van der Waals surface area contributed by atoms with Crippen LogP contribution in [0.15, 0.2) is 0 Å². The van der Waals surface area contributed by atoms with Crippen LogP contribution in [0.2, 0.25) is 0 Å². The molecule has 0 aromatic rings. The Morgan fingerprint density at radius 2 is 1.41 bits per heavy atom. The lowest BCUT2D eigenvalue weighted by atomic mass is 10.1. The summed E-state index contributed by atoms with van der Waals surface area (Å²) in [4.78, 5) is 10.8. The number of rotatable bonds is 11. The molecular weight excluding hydrogens is 212 g/mol. The molecule has 0 aromatic heterocycles. The lowest BCUT2D eigenvalue weighted by molar-refractivity contribution is -0.140. The molecule has 0 bridgehead atoms. The fourth-order valence-corrected chi connectivity index (χ4v) is 1.84. The maximum atomic E-state index is 10.8. The molecule has 0 aromatic carbocycles. The molecule has 2 heteroatoms. The van der Waals surface area contributed by atoms with Crippen LogP contribution in [0.1, 0.15) is 70.6 Å². The number of carbonyl (C=O) groups is 1. The van der Waals surface area contributed by atoms with Gasteiger partial charge in [0.2, 0.25) is 0 Å². The second-order valence-corrected chi connectivity index (χ2v) is 4.46. The van der Waals surface area contributed by atoms with E-state index >= 15 is 0 Å². The predicted molar refractivity (Wildman–Crippen MR) is 71.6 cm³/mol. The molecule has 0 atom stereocenters.